The van der Waals surface area contributed by atoms with Gasteiger partial charge in [-0.15, -0.1) is 0 Å². The van der Waals surface area contributed by atoms with Gasteiger partial charge in [0.05, 0.1) is 34.4 Å². The summed E-state index contributed by atoms with van der Waals surface area (Å²) in [6, 6.07) is 14.9. The molecule has 2 aliphatic carbocycles. The Morgan fingerprint density at radius 3 is 2.70 bits per heavy atom. The third kappa shape index (κ3) is 4.74. The number of nitrogens with zero attached hydrogens (tertiary/aromatic N) is 6. The molecule has 3 fully saturated rings. The molecule has 0 bridgehead atoms. The second-order valence-electron chi connectivity index (χ2n) is 13.1. The molecule has 3 atom stereocenters. The largest absolute Gasteiger partial charge is 0.478 e. The first-order valence-electron chi connectivity index (χ1n) is 15.6. The second kappa shape index (κ2) is 10.6. The number of fused-ring (bicyclic) bond motifs is 3. The van der Waals surface area contributed by atoms with Gasteiger partial charge in [0.1, 0.15) is 17.0 Å². The smallest absolute Gasteiger partial charge is 0.335 e. The van der Waals surface area contributed by atoms with E-state index in [1.165, 1.54) is 6.07 Å². The number of aromatic nitrogens is 3. The van der Waals surface area contributed by atoms with Gasteiger partial charge in [-0.3, -0.25) is 9.88 Å². The van der Waals surface area contributed by atoms with Crippen molar-refractivity contribution >= 4 is 34.3 Å². The van der Waals surface area contributed by atoms with Gasteiger partial charge in [0, 0.05) is 56.7 Å². The normalized spacial score (nSPS) is 24.3. The minimum Gasteiger partial charge on any atom is -0.478 e. The molecule has 12 heteroatoms. The van der Waals surface area contributed by atoms with E-state index in [4.69, 9.17) is 26.1 Å². The lowest BCUT2D eigenvalue weighted by molar-refractivity contribution is -0.0717. The van der Waals surface area contributed by atoms with E-state index in [1.807, 2.05) is 29.7 Å². The van der Waals surface area contributed by atoms with Crippen LogP contribution in [0.2, 0.25) is 5.02 Å². The highest BCUT2D eigenvalue weighted by atomic mass is 35.5. The summed E-state index contributed by atoms with van der Waals surface area (Å²) in [5, 5.41) is 19.6. The van der Waals surface area contributed by atoms with Crippen molar-refractivity contribution < 1.29 is 23.8 Å². The van der Waals surface area contributed by atoms with Crippen LogP contribution < -0.4 is 14.4 Å². The zero-order valence-electron chi connectivity index (χ0n) is 25.2. The summed E-state index contributed by atoms with van der Waals surface area (Å²) in [5.74, 6) is -0.857. The van der Waals surface area contributed by atoms with Crippen LogP contribution in [0.25, 0.3) is 11.0 Å². The molecule has 2 aliphatic heterocycles. The van der Waals surface area contributed by atoms with Gasteiger partial charge in [-0.25, -0.2) is 14.2 Å². The van der Waals surface area contributed by atoms with Gasteiger partial charge in [0.25, 0.3) is 5.79 Å². The Hall–Kier alpha value is -4.40. The molecule has 8 rings (SSSR count). The topological polar surface area (TPSA) is 117 Å². The molecule has 4 aliphatic rings. The molecule has 10 nitrogen and oxygen atoms in total. The average molecular weight is 643 g/mol. The van der Waals surface area contributed by atoms with Crippen molar-refractivity contribution in [1.82, 2.24) is 19.4 Å². The molecule has 1 N–H and O–H groups in total. The maximum absolute atomic E-state index is 15.2. The molecule has 2 saturated carbocycles. The molecule has 2 aromatic carbocycles. The van der Waals surface area contributed by atoms with E-state index in [2.05, 4.69) is 26.9 Å². The zero-order valence-corrected chi connectivity index (χ0v) is 26.0. The van der Waals surface area contributed by atoms with Crippen LogP contribution in [0.5, 0.6) is 11.5 Å². The fourth-order valence-electron chi connectivity index (χ4n) is 7.31. The number of imidazole rings is 1. The van der Waals surface area contributed by atoms with Crippen molar-refractivity contribution in [3.63, 3.8) is 0 Å². The molecule has 46 heavy (non-hydrogen) atoms. The molecule has 0 amide bonds. The van der Waals surface area contributed by atoms with E-state index in [-0.39, 0.29) is 28.6 Å². The zero-order chi connectivity index (χ0) is 31.8. The van der Waals surface area contributed by atoms with E-state index in [0.717, 1.165) is 50.5 Å². The van der Waals surface area contributed by atoms with Gasteiger partial charge in [0.15, 0.2) is 17.3 Å². The Balaban J connectivity index is 1.07. The Kier molecular flexibility index (Phi) is 6.67. The predicted molar refractivity (Wildman–Crippen MR) is 167 cm³/mol. The number of aromatic carboxylic acids is 1. The maximum atomic E-state index is 15.2. The fourth-order valence-corrected chi connectivity index (χ4v) is 7.42. The third-order valence-corrected chi connectivity index (χ3v) is 10.4. The highest BCUT2D eigenvalue weighted by molar-refractivity contribution is 6.30. The molecule has 0 spiro atoms. The number of carbonyl (C=O) groups is 1. The molecule has 0 unspecified atom stereocenters. The summed E-state index contributed by atoms with van der Waals surface area (Å²) >= 11 is 6.07. The van der Waals surface area contributed by atoms with Crippen LogP contribution in [0.15, 0.2) is 48.7 Å². The molecule has 0 radical (unpaired) electrons. The predicted octanol–water partition coefficient (Wildman–Crippen LogP) is 6.11. The number of halogens is 2. The van der Waals surface area contributed by atoms with Crippen LogP contribution in [0, 0.1) is 22.6 Å². The van der Waals surface area contributed by atoms with Crippen LogP contribution in [-0.2, 0) is 18.9 Å². The van der Waals surface area contributed by atoms with Crippen molar-refractivity contribution in [2.24, 2.45) is 5.41 Å². The van der Waals surface area contributed by atoms with E-state index >= 15 is 4.39 Å². The van der Waals surface area contributed by atoms with Crippen LogP contribution in [0.3, 0.4) is 0 Å². The lowest BCUT2D eigenvalue weighted by Crippen LogP contribution is -2.64. The third-order valence-electron chi connectivity index (χ3n) is 10.1. The number of pyridine rings is 1. The lowest BCUT2D eigenvalue weighted by atomic mass is 9.81. The van der Waals surface area contributed by atoms with Crippen molar-refractivity contribution in [1.29, 1.82) is 5.26 Å². The van der Waals surface area contributed by atoms with Gasteiger partial charge in [-0.1, -0.05) is 17.7 Å². The van der Waals surface area contributed by atoms with Gasteiger partial charge in [-0.05, 0) is 62.1 Å². The van der Waals surface area contributed by atoms with Crippen LogP contribution in [0.1, 0.15) is 60.9 Å². The van der Waals surface area contributed by atoms with Crippen LogP contribution >= 0.6 is 11.6 Å². The molecule has 4 heterocycles. The van der Waals surface area contributed by atoms with Gasteiger partial charge in [-0.2, -0.15) is 5.26 Å². The number of piperazine rings is 1. The SMILES string of the molecule is C[C@]1(c2ccc(Cl)cn2)Oc2cccc(N3CCN(Cc4nc5c(F)cc(C(=O)O)cc5n4CC4(CC#N)CC4)[C@H]4CC[C@H]43)c2O1. The van der Waals surface area contributed by atoms with Gasteiger partial charge < -0.3 is 24.0 Å². The van der Waals surface area contributed by atoms with Crippen molar-refractivity contribution in [2.75, 3.05) is 18.0 Å². The summed E-state index contributed by atoms with van der Waals surface area (Å²) in [6.07, 6.45) is 5.82. The Bertz CT molecular complexity index is 1920. The van der Waals surface area contributed by atoms with E-state index < -0.39 is 17.6 Å². The minimum absolute atomic E-state index is 0.111. The Labute approximate surface area is 269 Å². The van der Waals surface area contributed by atoms with Crippen LogP contribution in [0.4, 0.5) is 10.1 Å². The first kappa shape index (κ1) is 29.0. The molecule has 1 saturated heterocycles. The van der Waals surface area contributed by atoms with E-state index in [1.54, 1.807) is 12.3 Å². The van der Waals surface area contributed by atoms with Gasteiger partial charge >= 0.3 is 5.97 Å². The summed E-state index contributed by atoms with van der Waals surface area (Å²) < 4.78 is 30.0. The second-order valence-corrected chi connectivity index (χ2v) is 13.5. The number of benzene rings is 2. The average Bonchev–Trinajstić information content (AvgIpc) is 3.54. The number of rotatable bonds is 8. The van der Waals surface area contributed by atoms with Crippen molar-refractivity contribution in [3.05, 3.63) is 76.6 Å². The maximum Gasteiger partial charge on any atom is 0.335 e. The minimum atomic E-state index is -1.19. The first-order chi connectivity index (χ1) is 22.2. The number of ether oxygens (including phenoxy) is 2. The number of hydrogen-bond acceptors (Lipinski definition) is 8. The standard InChI is InChI=1S/C34H32ClFN6O4/c1-33(28-8-5-21(35)17-38-28)45-27-4-2-3-25(31(27)46-33)41-14-13-40(23-6-7-24(23)41)18-29-39-30-22(36)15-20(32(43)44)16-26(30)42(29)19-34(9-10-34)11-12-37/h2-5,8,15-17,23-24H,6-7,9-11,13-14,18-19H2,1H3,(H,43,44)/t23-,24+,33-/m0/s1. The highest BCUT2D eigenvalue weighted by Crippen LogP contribution is 2.52. The fraction of sp³-hybridized carbons (Fsp3) is 0.412. The number of para-hydroxylation sites is 1. The number of anilines is 1. The highest BCUT2D eigenvalue weighted by Gasteiger charge is 2.48. The lowest BCUT2D eigenvalue weighted by Gasteiger charge is -2.54. The number of carboxylic acids is 1. The molecule has 236 valence electrons. The summed E-state index contributed by atoms with van der Waals surface area (Å²) in [5.41, 5.74) is 1.95. The first-order valence-corrected chi connectivity index (χ1v) is 16.0. The van der Waals surface area contributed by atoms with Crippen molar-refractivity contribution in [3.8, 4) is 17.6 Å². The van der Waals surface area contributed by atoms with Gasteiger partial charge in [0.2, 0.25) is 0 Å². The molecular formula is C34H32ClFN6O4. The van der Waals surface area contributed by atoms with Crippen LogP contribution in [-0.4, -0.2) is 55.7 Å². The van der Waals surface area contributed by atoms with E-state index in [9.17, 15) is 15.2 Å². The monoisotopic (exact) mass is 642 g/mol. The number of carboxylic acid groups (broad SMARTS) is 1. The Morgan fingerprint density at radius 1 is 1.17 bits per heavy atom. The van der Waals surface area contributed by atoms with E-state index in [0.29, 0.717) is 53.1 Å². The summed E-state index contributed by atoms with van der Waals surface area (Å²) in [7, 11) is 0. The summed E-state index contributed by atoms with van der Waals surface area (Å²) in [6.45, 7) is 4.36. The van der Waals surface area contributed by atoms with Crippen molar-refractivity contribution in [2.45, 2.75) is 70.0 Å². The number of hydrogen-bond donors (Lipinski definition) is 1. The molecular weight excluding hydrogens is 611 g/mol. The molecule has 4 aromatic rings. The quantitative estimate of drug-likeness (QED) is 0.243. The number of nitriles is 1. The Morgan fingerprint density at radius 2 is 2.00 bits per heavy atom. The summed E-state index contributed by atoms with van der Waals surface area (Å²) in [4.78, 5) is 25.8. The molecule has 2 aromatic heterocycles.